The Labute approximate surface area is 82.7 Å². The van der Waals surface area contributed by atoms with Gasteiger partial charge in [-0.05, 0) is 25.0 Å². The summed E-state index contributed by atoms with van der Waals surface area (Å²) < 4.78 is 28.7. The summed E-state index contributed by atoms with van der Waals surface area (Å²) in [5.74, 6) is 0.789. The molecule has 0 aliphatic heterocycles. The maximum absolute atomic E-state index is 11.7. The van der Waals surface area contributed by atoms with Crippen molar-refractivity contribution in [3.63, 3.8) is 0 Å². The van der Waals surface area contributed by atoms with Gasteiger partial charge in [-0.25, -0.2) is 0 Å². The smallest absolute Gasteiger partial charge is 0.310 e. The zero-order chi connectivity index (χ0) is 10.2. The topological polar surface area (TPSA) is 9.23 Å². The van der Waals surface area contributed by atoms with Crippen LogP contribution < -0.4 is 4.74 Å². The van der Waals surface area contributed by atoms with Crippen molar-refractivity contribution in [2.75, 3.05) is 6.61 Å². The molecule has 0 amide bonds. The molecule has 0 heterocycles. The van der Waals surface area contributed by atoms with Crippen LogP contribution in [0.25, 0.3) is 0 Å². The highest BCUT2D eigenvalue weighted by molar-refractivity contribution is 5.20. The van der Waals surface area contributed by atoms with E-state index < -0.39 is 6.43 Å². The van der Waals surface area contributed by atoms with E-state index in [0.29, 0.717) is 19.4 Å². The standard InChI is InChI=1S/C11H13F2O/c12-11(13)8-4-5-9-14-10-6-2-1-3-7-10/h1-3,6-7H,4-5,8-9H2. The van der Waals surface area contributed by atoms with Gasteiger partial charge in [-0.2, -0.15) is 8.78 Å². The molecule has 0 N–H and O–H groups in total. The van der Waals surface area contributed by atoms with E-state index in [0.717, 1.165) is 5.75 Å². The molecule has 0 aliphatic rings. The zero-order valence-corrected chi connectivity index (χ0v) is 7.88. The van der Waals surface area contributed by atoms with Gasteiger partial charge in [-0.15, -0.1) is 0 Å². The molecule has 0 atom stereocenters. The third kappa shape index (κ3) is 4.80. The van der Waals surface area contributed by atoms with Gasteiger partial charge in [-0.1, -0.05) is 18.2 Å². The summed E-state index contributed by atoms with van der Waals surface area (Å²) in [5, 5.41) is 0. The number of para-hydroxylation sites is 1. The van der Waals surface area contributed by atoms with Gasteiger partial charge in [0.25, 0.3) is 0 Å². The van der Waals surface area contributed by atoms with Crippen LogP contribution in [0.1, 0.15) is 19.3 Å². The monoisotopic (exact) mass is 199 g/mol. The molecule has 1 radical (unpaired) electrons. The van der Waals surface area contributed by atoms with Crippen molar-refractivity contribution in [1.82, 2.24) is 0 Å². The number of ether oxygens (including phenoxy) is 1. The van der Waals surface area contributed by atoms with Crippen LogP contribution in [0.3, 0.4) is 0 Å². The molecule has 1 aromatic rings. The van der Waals surface area contributed by atoms with Gasteiger partial charge in [0.15, 0.2) is 0 Å². The molecule has 0 saturated heterocycles. The highest BCUT2D eigenvalue weighted by Gasteiger charge is 2.03. The summed E-state index contributed by atoms with van der Waals surface area (Å²) in [5.41, 5.74) is 0. The molecule has 3 heteroatoms. The highest BCUT2D eigenvalue weighted by Crippen LogP contribution is 2.14. The zero-order valence-electron chi connectivity index (χ0n) is 7.88. The van der Waals surface area contributed by atoms with Crippen molar-refractivity contribution in [3.8, 4) is 5.75 Å². The summed E-state index contributed by atoms with van der Waals surface area (Å²) in [6, 6.07) is 9.36. The Kier molecular flexibility index (Phi) is 4.97. The number of rotatable bonds is 6. The lowest BCUT2D eigenvalue weighted by atomic mass is 10.2. The number of hydrogen-bond acceptors (Lipinski definition) is 1. The van der Waals surface area contributed by atoms with Gasteiger partial charge in [0.2, 0.25) is 0 Å². The fourth-order valence-corrected chi connectivity index (χ4v) is 1.07. The maximum Gasteiger partial charge on any atom is 0.310 e. The highest BCUT2D eigenvalue weighted by atomic mass is 19.3. The van der Waals surface area contributed by atoms with Gasteiger partial charge in [0, 0.05) is 6.42 Å². The fraction of sp³-hybridized carbons (Fsp3) is 0.364. The maximum atomic E-state index is 11.7. The number of unbranched alkanes of at least 4 members (excludes halogenated alkanes) is 1. The molecule has 0 bridgehead atoms. The Morgan fingerprint density at radius 1 is 1.07 bits per heavy atom. The minimum absolute atomic E-state index is 0.113. The van der Waals surface area contributed by atoms with E-state index in [-0.39, 0.29) is 6.42 Å². The molecule has 1 aromatic carbocycles. The molecule has 0 spiro atoms. The van der Waals surface area contributed by atoms with Gasteiger partial charge < -0.3 is 4.74 Å². The Balaban J connectivity index is 2.05. The van der Waals surface area contributed by atoms with Crippen LogP contribution in [0, 0.1) is 6.43 Å². The van der Waals surface area contributed by atoms with E-state index in [1.54, 1.807) is 0 Å². The molecule has 1 rings (SSSR count). The van der Waals surface area contributed by atoms with Crippen molar-refractivity contribution in [1.29, 1.82) is 0 Å². The van der Waals surface area contributed by atoms with Crippen molar-refractivity contribution in [3.05, 3.63) is 36.8 Å². The Morgan fingerprint density at radius 2 is 1.79 bits per heavy atom. The number of halogens is 2. The second-order valence-corrected chi connectivity index (χ2v) is 2.96. The van der Waals surface area contributed by atoms with Crippen LogP contribution in [0.5, 0.6) is 5.75 Å². The lowest BCUT2D eigenvalue weighted by molar-refractivity contribution is 0.251. The van der Waals surface area contributed by atoms with Crippen molar-refractivity contribution < 1.29 is 13.5 Å². The van der Waals surface area contributed by atoms with Crippen LogP contribution >= 0.6 is 0 Å². The first-order valence-electron chi connectivity index (χ1n) is 4.64. The Hall–Kier alpha value is -1.12. The second-order valence-electron chi connectivity index (χ2n) is 2.96. The molecule has 0 aromatic heterocycles. The summed E-state index contributed by atoms with van der Waals surface area (Å²) in [6.07, 6.45) is -0.468. The molecule has 14 heavy (non-hydrogen) atoms. The summed E-state index contributed by atoms with van der Waals surface area (Å²) in [4.78, 5) is 0. The second kappa shape index (κ2) is 6.35. The minimum Gasteiger partial charge on any atom is -0.494 e. The first-order chi connectivity index (χ1) is 6.79. The van der Waals surface area contributed by atoms with E-state index in [2.05, 4.69) is 0 Å². The normalized spacial score (nSPS) is 10.5. The first-order valence-corrected chi connectivity index (χ1v) is 4.64. The van der Waals surface area contributed by atoms with Crippen molar-refractivity contribution in [2.45, 2.75) is 19.3 Å². The van der Waals surface area contributed by atoms with E-state index >= 15 is 0 Å². The lowest BCUT2D eigenvalue weighted by Crippen LogP contribution is -1.97. The average Bonchev–Trinajstić information content (AvgIpc) is 2.18. The van der Waals surface area contributed by atoms with Gasteiger partial charge in [0.05, 0.1) is 6.61 Å². The van der Waals surface area contributed by atoms with Crippen LogP contribution in [0.4, 0.5) is 8.78 Å². The summed E-state index contributed by atoms with van der Waals surface area (Å²) in [7, 11) is 0. The predicted molar refractivity (Wildman–Crippen MR) is 51.2 cm³/mol. The van der Waals surface area contributed by atoms with Gasteiger partial charge >= 0.3 is 6.43 Å². The van der Waals surface area contributed by atoms with Crippen LogP contribution in [0.15, 0.2) is 30.3 Å². The van der Waals surface area contributed by atoms with E-state index in [4.69, 9.17) is 4.74 Å². The molecule has 1 nitrogen and oxygen atoms in total. The van der Waals surface area contributed by atoms with Crippen LogP contribution in [-0.2, 0) is 0 Å². The Bertz CT molecular complexity index is 236. The largest absolute Gasteiger partial charge is 0.494 e. The molecule has 77 valence electrons. The first kappa shape index (κ1) is 11.0. The van der Waals surface area contributed by atoms with E-state index in [1.807, 2.05) is 30.3 Å². The SMILES string of the molecule is F[C](F)CCCCOc1ccccc1. The van der Waals surface area contributed by atoms with Crippen LogP contribution in [0.2, 0.25) is 0 Å². The molecular weight excluding hydrogens is 186 g/mol. The quantitative estimate of drug-likeness (QED) is 0.635. The average molecular weight is 199 g/mol. The lowest BCUT2D eigenvalue weighted by Gasteiger charge is -2.04. The predicted octanol–water partition coefficient (Wildman–Crippen LogP) is 3.66. The third-order valence-corrected chi connectivity index (χ3v) is 1.77. The third-order valence-electron chi connectivity index (χ3n) is 1.77. The summed E-state index contributed by atoms with van der Waals surface area (Å²) >= 11 is 0. The van der Waals surface area contributed by atoms with Gasteiger partial charge in [-0.3, -0.25) is 0 Å². The molecule has 0 aliphatic carbocycles. The molecule has 0 unspecified atom stereocenters. The summed E-state index contributed by atoms with van der Waals surface area (Å²) in [6.45, 7) is 0.497. The molecule has 0 fully saturated rings. The van der Waals surface area contributed by atoms with E-state index in [1.165, 1.54) is 0 Å². The molecule has 0 saturated carbocycles. The molecular formula is C11H13F2O. The van der Waals surface area contributed by atoms with E-state index in [9.17, 15) is 8.78 Å². The number of hydrogen-bond donors (Lipinski definition) is 0. The van der Waals surface area contributed by atoms with Gasteiger partial charge in [0.1, 0.15) is 5.75 Å². The van der Waals surface area contributed by atoms with Crippen molar-refractivity contribution in [2.24, 2.45) is 0 Å². The minimum atomic E-state index is -1.50. The van der Waals surface area contributed by atoms with Crippen LogP contribution in [-0.4, -0.2) is 6.61 Å². The fourth-order valence-electron chi connectivity index (χ4n) is 1.07. The number of benzene rings is 1. The van der Waals surface area contributed by atoms with Crippen molar-refractivity contribution >= 4 is 0 Å². The Morgan fingerprint density at radius 3 is 2.43 bits per heavy atom.